The number of benzene rings is 1. The lowest BCUT2D eigenvalue weighted by atomic mass is 10.1. The third-order valence-electron chi connectivity index (χ3n) is 4.10. The van der Waals surface area contributed by atoms with Gasteiger partial charge in [0.2, 0.25) is 5.89 Å². The van der Waals surface area contributed by atoms with E-state index in [1.54, 1.807) is 23.7 Å². The highest BCUT2D eigenvalue weighted by atomic mass is 32.1. The summed E-state index contributed by atoms with van der Waals surface area (Å²) in [5, 5.41) is 12.1. The molecule has 0 spiro atoms. The molecule has 0 aliphatic heterocycles. The predicted octanol–water partition coefficient (Wildman–Crippen LogP) is 4.45. The van der Waals surface area contributed by atoms with Crippen molar-refractivity contribution in [3.63, 3.8) is 0 Å². The molecule has 4 aromatic rings. The van der Waals surface area contributed by atoms with Crippen LogP contribution in [0.1, 0.15) is 5.56 Å². The third-order valence-corrected chi connectivity index (χ3v) is 4.78. The van der Waals surface area contributed by atoms with Gasteiger partial charge >= 0.3 is 0 Å². The molecule has 0 radical (unpaired) electrons. The Morgan fingerprint density at radius 2 is 1.70 bits per heavy atom. The fraction of sp³-hybridized carbons (Fsp3) is 0.100. The van der Waals surface area contributed by atoms with E-state index >= 15 is 0 Å². The van der Waals surface area contributed by atoms with Gasteiger partial charge in [-0.1, -0.05) is 30.8 Å². The molecule has 134 valence electrons. The molecule has 0 unspecified atom stereocenters. The Hall–Kier alpha value is -3.32. The van der Waals surface area contributed by atoms with Crippen LogP contribution < -0.4 is 0 Å². The highest BCUT2D eigenvalue weighted by Gasteiger charge is 2.13. The Morgan fingerprint density at radius 1 is 0.963 bits per heavy atom. The molecular formula is C20H17N5OS. The van der Waals surface area contributed by atoms with Crippen molar-refractivity contribution in [2.45, 2.75) is 0 Å². The van der Waals surface area contributed by atoms with Gasteiger partial charge in [-0.3, -0.25) is 4.98 Å². The first-order valence-electron chi connectivity index (χ1n) is 8.27. The van der Waals surface area contributed by atoms with Crippen molar-refractivity contribution >= 4 is 17.0 Å². The largest absolute Gasteiger partial charge is 0.415 e. The van der Waals surface area contributed by atoms with Crippen molar-refractivity contribution in [2.24, 2.45) is 0 Å². The van der Waals surface area contributed by atoms with Gasteiger partial charge in [-0.25, -0.2) is 4.98 Å². The Kier molecular flexibility index (Phi) is 4.52. The van der Waals surface area contributed by atoms with Crippen molar-refractivity contribution in [1.29, 1.82) is 0 Å². The average molecular weight is 375 g/mol. The number of rotatable bonds is 5. The van der Waals surface area contributed by atoms with Crippen molar-refractivity contribution in [1.82, 2.24) is 25.1 Å². The number of hydrogen-bond donors (Lipinski definition) is 0. The first-order valence-corrected chi connectivity index (χ1v) is 9.21. The lowest BCUT2D eigenvalue weighted by molar-refractivity contribution is 0.582. The van der Waals surface area contributed by atoms with Crippen LogP contribution in [0.2, 0.25) is 0 Å². The number of nitrogens with zero attached hydrogens (tertiary/aromatic N) is 5. The molecule has 7 heteroatoms. The van der Waals surface area contributed by atoms with Crippen LogP contribution in [0.4, 0.5) is 0 Å². The summed E-state index contributed by atoms with van der Waals surface area (Å²) in [5.74, 6) is 0.827. The number of aromatic nitrogens is 4. The summed E-state index contributed by atoms with van der Waals surface area (Å²) < 4.78 is 5.75. The van der Waals surface area contributed by atoms with E-state index in [1.165, 1.54) is 0 Å². The molecule has 0 saturated carbocycles. The van der Waals surface area contributed by atoms with Crippen molar-refractivity contribution in [2.75, 3.05) is 14.1 Å². The van der Waals surface area contributed by atoms with Gasteiger partial charge < -0.3 is 9.32 Å². The molecule has 27 heavy (non-hydrogen) atoms. The predicted molar refractivity (Wildman–Crippen MR) is 107 cm³/mol. The fourth-order valence-corrected chi connectivity index (χ4v) is 3.16. The highest BCUT2D eigenvalue weighted by Crippen LogP contribution is 2.26. The van der Waals surface area contributed by atoms with Crippen LogP contribution in [-0.4, -0.2) is 39.2 Å². The van der Waals surface area contributed by atoms with Crippen molar-refractivity contribution in [3.05, 3.63) is 65.6 Å². The quantitative estimate of drug-likeness (QED) is 0.513. The topological polar surface area (TPSA) is 67.9 Å². The smallest absolute Gasteiger partial charge is 0.268 e. The van der Waals surface area contributed by atoms with E-state index in [9.17, 15) is 0 Å². The Labute approximate surface area is 160 Å². The summed E-state index contributed by atoms with van der Waals surface area (Å²) in [6, 6.07) is 9.98. The van der Waals surface area contributed by atoms with Gasteiger partial charge in [0.05, 0.1) is 18.1 Å². The SMILES string of the molecule is C=C(c1ccc(-c2cncc(-c3nnc(-c4ccsc4)o3)n2)cc1)N(C)C. The first-order chi connectivity index (χ1) is 13.1. The van der Waals surface area contributed by atoms with Gasteiger partial charge in [0.25, 0.3) is 5.89 Å². The van der Waals surface area contributed by atoms with E-state index in [4.69, 9.17) is 4.42 Å². The van der Waals surface area contributed by atoms with E-state index in [2.05, 4.69) is 26.7 Å². The summed E-state index contributed by atoms with van der Waals surface area (Å²) >= 11 is 1.58. The maximum absolute atomic E-state index is 5.75. The average Bonchev–Trinajstić information content (AvgIpc) is 3.39. The number of thiophene rings is 1. The highest BCUT2D eigenvalue weighted by molar-refractivity contribution is 7.08. The molecule has 0 aliphatic rings. The molecule has 0 saturated heterocycles. The maximum Gasteiger partial charge on any atom is 0.268 e. The molecule has 0 aliphatic carbocycles. The molecule has 4 rings (SSSR count). The van der Waals surface area contributed by atoms with Crippen LogP contribution >= 0.6 is 11.3 Å². The zero-order valence-corrected chi connectivity index (χ0v) is 15.8. The molecule has 0 fully saturated rings. The number of hydrogen-bond acceptors (Lipinski definition) is 7. The van der Waals surface area contributed by atoms with Gasteiger partial charge in [0, 0.05) is 36.3 Å². The minimum absolute atomic E-state index is 0.350. The summed E-state index contributed by atoms with van der Waals surface area (Å²) in [7, 11) is 3.94. The van der Waals surface area contributed by atoms with Crippen molar-refractivity contribution < 1.29 is 4.42 Å². The van der Waals surface area contributed by atoms with Crippen LogP contribution in [0.15, 0.2) is 64.5 Å². The van der Waals surface area contributed by atoms with Gasteiger partial charge in [0.15, 0.2) is 0 Å². The van der Waals surface area contributed by atoms with Gasteiger partial charge in [-0.2, -0.15) is 11.3 Å². The molecule has 0 amide bonds. The summed E-state index contributed by atoms with van der Waals surface area (Å²) in [4.78, 5) is 10.9. The van der Waals surface area contributed by atoms with Crippen molar-refractivity contribution in [3.8, 4) is 34.3 Å². The van der Waals surface area contributed by atoms with E-state index in [1.807, 2.05) is 60.1 Å². The normalized spacial score (nSPS) is 10.7. The Bertz CT molecular complexity index is 1070. The zero-order valence-electron chi connectivity index (χ0n) is 15.0. The molecule has 6 nitrogen and oxygen atoms in total. The van der Waals surface area contributed by atoms with Gasteiger partial charge in [-0.15, -0.1) is 10.2 Å². The second kappa shape index (κ2) is 7.13. The molecule has 1 aromatic carbocycles. The van der Waals surface area contributed by atoms with E-state index in [-0.39, 0.29) is 0 Å². The molecule has 3 aromatic heterocycles. The first kappa shape index (κ1) is 17.1. The van der Waals surface area contributed by atoms with Gasteiger partial charge in [0.1, 0.15) is 5.69 Å². The van der Waals surface area contributed by atoms with Crippen LogP contribution in [0.25, 0.3) is 40.0 Å². The lowest BCUT2D eigenvalue weighted by Gasteiger charge is -2.15. The zero-order chi connectivity index (χ0) is 18.8. The third kappa shape index (κ3) is 3.50. The van der Waals surface area contributed by atoms with Crippen LogP contribution in [-0.2, 0) is 0 Å². The van der Waals surface area contributed by atoms with E-state index in [0.29, 0.717) is 17.5 Å². The Balaban J connectivity index is 1.62. The van der Waals surface area contributed by atoms with Gasteiger partial charge in [-0.05, 0) is 17.0 Å². The molecule has 0 atom stereocenters. The van der Waals surface area contributed by atoms with E-state index < -0.39 is 0 Å². The summed E-state index contributed by atoms with van der Waals surface area (Å²) in [6.45, 7) is 4.08. The maximum atomic E-state index is 5.75. The lowest BCUT2D eigenvalue weighted by Crippen LogP contribution is -2.08. The standard InChI is InChI=1S/C20H17N5OS/c1-13(25(2)3)14-4-6-15(7-5-14)17-10-21-11-18(22-17)20-24-23-19(26-20)16-8-9-27-12-16/h4-12H,1H2,2-3H3. The second-order valence-electron chi connectivity index (χ2n) is 6.13. The van der Waals surface area contributed by atoms with Crippen LogP contribution in [0, 0.1) is 0 Å². The summed E-state index contributed by atoms with van der Waals surface area (Å²) in [6.07, 6.45) is 3.34. The monoisotopic (exact) mass is 375 g/mol. The molecule has 0 N–H and O–H groups in total. The minimum Gasteiger partial charge on any atom is -0.415 e. The van der Waals surface area contributed by atoms with Crippen LogP contribution in [0.5, 0.6) is 0 Å². The molecule has 0 bridgehead atoms. The van der Waals surface area contributed by atoms with Crippen LogP contribution in [0.3, 0.4) is 0 Å². The minimum atomic E-state index is 0.350. The van der Waals surface area contributed by atoms with E-state index in [0.717, 1.165) is 28.1 Å². The Morgan fingerprint density at radius 3 is 2.41 bits per heavy atom. The molecule has 3 heterocycles. The summed E-state index contributed by atoms with van der Waals surface area (Å²) in [5.41, 5.74) is 5.16. The fourth-order valence-electron chi connectivity index (χ4n) is 2.53. The second-order valence-corrected chi connectivity index (χ2v) is 6.91. The molecular weight excluding hydrogens is 358 g/mol.